The summed E-state index contributed by atoms with van der Waals surface area (Å²) >= 11 is 0. The third kappa shape index (κ3) is 6.18. The molecule has 0 aliphatic heterocycles. The van der Waals surface area contributed by atoms with Gasteiger partial charge in [-0.1, -0.05) is 183 Å². The topological polar surface area (TPSA) is 58.9 Å². The minimum absolute atomic E-state index is 0.283. The van der Waals surface area contributed by atoms with Crippen LogP contribution in [0.15, 0.2) is 188 Å². The Kier molecular flexibility index (Phi) is 8.57. The second kappa shape index (κ2) is 14.3. The maximum atomic E-state index is 11.5. The molecule has 0 bridgehead atoms. The molecule has 4 heteroatoms. The zero-order valence-corrected chi connectivity index (χ0v) is 31.4. The van der Waals surface area contributed by atoms with Crippen molar-refractivity contribution in [2.24, 2.45) is 0 Å². The molecule has 0 radical (unpaired) electrons. The van der Waals surface area contributed by atoms with Crippen molar-refractivity contribution in [3.8, 4) is 73.3 Å². The van der Waals surface area contributed by atoms with Crippen LogP contribution in [0.25, 0.3) is 99.9 Å². The number of phenolic OH excluding ortho intramolecular Hbond substituents is 1. The van der Waals surface area contributed by atoms with Gasteiger partial charge in [0.15, 0.2) is 17.5 Å². The summed E-state index contributed by atoms with van der Waals surface area (Å²) in [5.41, 5.74) is 10.3. The van der Waals surface area contributed by atoms with Crippen molar-refractivity contribution in [1.29, 1.82) is 0 Å². The summed E-state index contributed by atoms with van der Waals surface area (Å²) in [5.74, 6) is 2.20. The molecule has 57 heavy (non-hydrogen) atoms. The Balaban J connectivity index is 1.08. The van der Waals surface area contributed by atoms with E-state index in [1.807, 2.05) is 72.8 Å². The molecule has 9 aromatic carbocycles. The van der Waals surface area contributed by atoms with E-state index < -0.39 is 0 Å². The van der Waals surface area contributed by atoms with Gasteiger partial charge in [0.2, 0.25) is 0 Å². The maximum absolute atomic E-state index is 11.5. The van der Waals surface area contributed by atoms with Crippen LogP contribution in [-0.2, 0) is 6.42 Å². The molecule has 1 N–H and O–H groups in total. The number of nitrogens with zero attached hydrogens (tertiary/aromatic N) is 3. The number of hydrogen-bond donors (Lipinski definition) is 1. The Labute approximate surface area is 331 Å². The first-order chi connectivity index (χ1) is 28.1. The second-order valence-corrected chi connectivity index (χ2v) is 14.4. The lowest BCUT2D eigenvalue weighted by Crippen LogP contribution is -2.00. The van der Waals surface area contributed by atoms with Crippen LogP contribution in [0.2, 0.25) is 0 Å². The van der Waals surface area contributed by atoms with Gasteiger partial charge in [0, 0.05) is 22.3 Å². The highest BCUT2D eigenvalue weighted by atomic mass is 16.3. The molecule has 0 fully saturated rings. The molecule has 10 aromatic rings. The predicted molar refractivity (Wildman–Crippen MR) is 236 cm³/mol. The van der Waals surface area contributed by atoms with Crippen molar-refractivity contribution < 1.29 is 5.11 Å². The summed E-state index contributed by atoms with van der Waals surface area (Å²) in [7, 11) is 0. The van der Waals surface area contributed by atoms with Gasteiger partial charge in [0.1, 0.15) is 5.75 Å². The normalized spacial score (nSPS) is 11.4. The maximum Gasteiger partial charge on any atom is 0.164 e. The van der Waals surface area contributed by atoms with Crippen molar-refractivity contribution in [1.82, 2.24) is 15.0 Å². The molecule has 0 aliphatic rings. The molecule has 1 aromatic heterocycles. The minimum Gasteiger partial charge on any atom is -0.507 e. The molecule has 4 nitrogen and oxygen atoms in total. The lowest BCUT2D eigenvalue weighted by molar-refractivity contribution is 0.477. The van der Waals surface area contributed by atoms with E-state index in [9.17, 15) is 5.11 Å². The number of phenols is 1. The number of rotatable bonds is 7. The van der Waals surface area contributed by atoms with Crippen LogP contribution < -0.4 is 0 Å². The van der Waals surface area contributed by atoms with Gasteiger partial charge < -0.3 is 5.11 Å². The van der Waals surface area contributed by atoms with Gasteiger partial charge in [0.25, 0.3) is 0 Å². The Morgan fingerprint density at radius 2 is 0.842 bits per heavy atom. The number of aromatic nitrogens is 3. The molecule has 0 amide bonds. The van der Waals surface area contributed by atoms with Crippen molar-refractivity contribution in [3.05, 3.63) is 194 Å². The average molecular weight is 732 g/mol. The summed E-state index contributed by atoms with van der Waals surface area (Å²) in [5, 5.41) is 18.6. The molecular formula is C53H37N3O. The van der Waals surface area contributed by atoms with Crippen LogP contribution in [-0.4, -0.2) is 20.1 Å². The second-order valence-electron chi connectivity index (χ2n) is 14.4. The van der Waals surface area contributed by atoms with Crippen molar-refractivity contribution in [2.45, 2.75) is 13.3 Å². The van der Waals surface area contributed by atoms with Crippen LogP contribution in [0.5, 0.6) is 5.75 Å². The standard InChI is InChI=1S/C53H37N3O/c1-2-34-14-9-10-19-41(34)45-30-29-40(33-49(45)57)42-22-13-23-46-43-20-11-12-21-44(43)48-32-39(28-31-47(48)50(42)46)35-24-26-38(27-25-35)53-55-51(36-15-5-3-6-16-36)54-52(56-53)37-17-7-4-8-18-37/h3-33,57H,2H2,1H3. The Morgan fingerprint density at radius 1 is 0.351 bits per heavy atom. The number of benzene rings is 9. The lowest BCUT2D eigenvalue weighted by atomic mass is 9.87. The van der Waals surface area contributed by atoms with Gasteiger partial charge in [-0.2, -0.15) is 0 Å². The van der Waals surface area contributed by atoms with Gasteiger partial charge in [-0.25, -0.2) is 15.0 Å². The molecule has 0 atom stereocenters. The number of aromatic hydroxyl groups is 1. The van der Waals surface area contributed by atoms with Crippen LogP contribution in [0, 0.1) is 0 Å². The number of aryl methyl sites for hydroxylation is 1. The van der Waals surface area contributed by atoms with E-state index in [1.165, 1.54) is 37.9 Å². The van der Waals surface area contributed by atoms with Crippen molar-refractivity contribution >= 4 is 32.3 Å². The summed E-state index contributed by atoms with van der Waals surface area (Å²) in [6.07, 6.45) is 0.899. The smallest absolute Gasteiger partial charge is 0.164 e. The molecule has 0 aliphatic carbocycles. The third-order valence-electron chi connectivity index (χ3n) is 11.0. The Morgan fingerprint density at radius 3 is 1.49 bits per heavy atom. The molecule has 10 rings (SSSR count). The van der Waals surface area contributed by atoms with Gasteiger partial charge in [-0.15, -0.1) is 0 Å². The fourth-order valence-electron chi connectivity index (χ4n) is 8.19. The zero-order valence-electron chi connectivity index (χ0n) is 31.4. The van der Waals surface area contributed by atoms with Gasteiger partial charge >= 0.3 is 0 Å². The first kappa shape index (κ1) is 34.1. The SMILES string of the molecule is CCc1ccccc1-c1ccc(-c2cccc3c4ccccc4c4cc(-c5ccc(-c6nc(-c7ccccc7)nc(-c7ccccc7)n6)cc5)ccc4c23)cc1O. The van der Waals surface area contributed by atoms with E-state index in [-0.39, 0.29) is 5.75 Å². The predicted octanol–water partition coefficient (Wildman–Crippen LogP) is 13.6. The Hall–Kier alpha value is -7.43. The van der Waals surface area contributed by atoms with E-state index in [1.54, 1.807) is 0 Å². The fraction of sp³-hybridized carbons (Fsp3) is 0.0377. The van der Waals surface area contributed by atoms with E-state index >= 15 is 0 Å². The number of fused-ring (bicyclic) bond motifs is 6. The van der Waals surface area contributed by atoms with Gasteiger partial charge in [-0.05, 0) is 84.3 Å². The molecule has 1 heterocycles. The van der Waals surface area contributed by atoms with E-state index in [2.05, 4.69) is 122 Å². The molecule has 0 unspecified atom stereocenters. The zero-order chi connectivity index (χ0) is 38.3. The highest BCUT2D eigenvalue weighted by Crippen LogP contribution is 2.43. The molecular weight excluding hydrogens is 695 g/mol. The Bertz CT molecular complexity index is 3050. The van der Waals surface area contributed by atoms with E-state index in [0.29, 0.717) is 17.5 Å². The highest BCUT2D eigenvalue weighted by molar-refractivity contribution is 6.28. The van der Waals surface area contributed by atoms with Crippen LogP contribution >= 0.6 is 0 Å². The summed E-state index contributed by atoms with van der Waals surface area (Å²) in [6, 6.07) is 65.0. The summed E-state index contributed by atoms with van der Waals surface area (Å²) < 4.78 is 0. The minimum atomic E-state index is 0.283. The van der Waals surface area contributed by atoms with Gasteiger partial charge in [0.05, 0.1) is 0 Å². The monoisotopic (exact) mass is 731 g/mol. The average Bonchev–Trinajstić information content (AvgIpc) is 3.29. The third-order valence-corrected chi connectivity index (χ3v) is 11.0. The lowest BCUT2D eigenvalue weighted by Gasteiger charge is -2.16. The first-order valence-corrected chi connectivity index (χ1v) is 19.4. The molecule has 0 saturated heterocycles. The first-order valence-electron chi connectivity index (χ1n) is 19.4. The van der Waals surface area contributed by atoms with E-state index in [4.69, 9.17) is 15.0 Å². The molecule has 270 valence electrons. The van der Waals surface area contributed by atoms with Crippen LogP contribution in [0.4, 0.5) is 0 Å². The quantitative estimate of drug-likeness (QED) is 0.166. The summed E-state index contributed by atoms with van der Waals surface area (Å²) in [6.45, 7) is 2.15. The fourth-order valence-corrected chi connectivity index (χ4v) is 8.19. The summed E-state index contributed by atoms with van der Waals surface area (Å²) in [4.78, 5) is 14.7. The van der Waals surface area contributed by atoms with Crippen molar-refractivity contribution in [3.63, 3.8) is 0 Å². The van der Waals surface area contributed by atoms with Crippen LogP contribution in [0.3, 0.4) is 0 Å². The largest absolute Gasteiger partial charge is 0.507 e. The number of hydrogen-bond acceptors (Lipinski definition) is 4. The van der Waals surface area contributed by atoms with E-state index in [0.717, 1.165) is 56.5 Å². The molecule has 0 saturated carbocycles. The van der Waals surface area contributed by atoms with Crippen LogP contribution in [0.1, 0.15) is 12.5 Å². The molecule has 0 spiro atoms. The van der Waals surface area contributed by atoms with Crippen molar-refractivity contribution in [2.75, 3.05) is 0 Å². The van der Waals surface area contributed by atoms with Gasteiger partial charge in [-0.3, -0.25) is 0 Å². The highest BCUT2D eigenvalue weighted by Gasteiger charge is 2.17.